The zero-order valence-electron chi connectivity index (χ0n) is 26.8. The number of hydrogen-bond acceptors (Lipinski definition) is 5. The number of nitrogens with one attached hydrogen (secondary N) is 1. The number of ketones is 1. The van der Waals surface area contributed by atoms with Crippen molar-refractivity contribution in [3.8, 4) is 10.6 Å². The van der Waals surface area contributed by atoms with Gasteiger partial charge in [-0.05, 0) is 57.3 Å². The van der Waals surface area contributed by atoms with E-state index in [0.717, 1.165) is 29.7 Å². The lowest BCUT2D eigenvalue weighted by molar-refractivity contribution is 0.101. The van der Waals surface area contributed by atoms with Crippen LogP contribution in [0.3, 0.4) is 0 Å². The van der Waals surface area contributed by atoms with Crippen molar-refractivity contribution >= 4 is 34.5 Å². The Morgan fingerprint density at radius 1 is 1.12 bits per heavy atom. The van der Waals surface area contributed by atoms with Gasteiger partial charge in [-0.15, -0.1) is 11.3 Å². The molecule has 0 radical (unpaired) electrons. The van der Waals surface area contributed by atoms with Gasteiger partial charge in [0.15, 0.2) is 5.78 Å². The maximum absolute atomic E-state index is 12.3. The number of nitrogens with zero attached hydrogens (tertiary/aromatic N) is 1. The third-order valence-electron chi connectivity index (χ3n) is 5.33. The number of allylic oxidation sites excluding steroid dienone is 7. The third-order valence-corrected chi connectivity index (χ3v) is 6.91. The van der Waals surface area contributed by atoms with Crippen LogP contribution in [0.25, 0.3) is 16.1 Å². The molecule has 0 amide bonds. The highest BCUT2D eigenvalue weighted by Crippen LogP contribution is 2.32. The molecule has 2 heterocycles. The summed E-state index contributed by atoms with van der Waals surface area (Å²) in [5.74, 6) is 1.24. The summed E-state index contributed by atoms with van der Waals surface area (Å²) < 4.78 is 0. The van der Waals surface area contributed by atoms with Gasteiger partial charge in [0.05, 0.1) is 11.3 Å². The highest BCUT2D eigenvalue weighted by atomic mass is 32.2. The van der Waals surface area contributed by atoms with E-state index in [9.17, 15) is 9.59 Å². The molecule has 0 spiro atoms. The van der Waals surface area contributed by atoms with Crippen molar-refractivity contribution in [2.24, 2.45) is 0 Å². The molecule has 224 valence electrons. The van der Waals surface area contributed by atoms with Gasteiger partial charge < -0.3 is 4.98 Å². The number of aromatic nitrogens is 2. The van der Waals surface area contributed by atoms with Crippen molar-refractivity contribution in [2.45, 2.75) is 101 Å². The number of Topliss-reactive ketones (excluding diaryl/α,β-unsaturated/α-hetero) is 1. The van der Waals surface area contributed by atoms with E-state index in [0.29, 0.717) is 16.1 Å². The number of unbranched alkanes of at least 4 members (excludes halogenated alkanes) is 2. The van der Waals surface area contributed by atoms with Crippen LogP contribution in [0.15, 0.2) is 64.5 Å². The first-order chi connectivity index (χ1) is 19.2. The average molecular weight is 587 g/mol. The smallest absolute Gasteiger partial charge is 0.258 e. The zero-order chi connectivity index (χ0) is 30.9. The quantitative estimate of drug-likeness (QED) is 0.153. The van der Waals surface area contributed by atoms with E-state index in [2.05, 4.69) is 58.5 Å². The molecule has 0 aliphatic rings. The van der Waals surface area contributed by atoms with Crippen LogP contribution in [0.1, 0.15) is 117 Å². The summed E-state index contributed by atoms with van der Waals surface area (Å²) in [7, 11) is 0. The molecule has 0 aromatic carbocycles. The summed E-state index contributed by atoms with van der Waals surface area (Å²) in [5, 5.41) is 2.55. The number of thioether (sulfide) groups is 1. The van der Waals surface area contributed by atoms with E-state index in [4.69, 9.17) is 4.98 Å². The molecule has 0 unspecified atom stereocenters. The Bertz CT molecular complexity index is 1120. The van der Waals surface area contributed by atoms with Crippen LogP contribution in [-0.4, -0.2) is 27.8 Å². The molecular weight excluding hydrogens is 533 g/mol. The van der Waals surface area contributed by atoms with Gasteiger partial charge in [-0.3, -0.25) is 9.59 Å². The minimum Gasteiger partial charge on any atom is -0.328 e. The molecule has 0 aliphatic heterocycles. The molecule has 0 bridgehead atoms. The van der Waals surface area contributed by atoms with Gasteiger partial charge in [-0.25, -0.2) is 4.98 Å². The first kappa shape index (κ1) is 39.7. The van der Waals surface area contributed by atoms with E-state index in [1.807, 2.05) is 50.1 Å². The van der Waals surface area contributed by atoms with E-state index < -0.39 is 0 Å². The van der Waals surface area contributed by atoms with Gasteiger partial charge >= 0.3 is 0 Å². The number of carbonyl (C=O) groups excluding carboxylic acids is 1. The average Bonchev–Trinajstić information content (AvgIpc) is 3.43. The van der Waals surface area contributed by atoms with E-state index in [1.165, 1.54) is 61.5 Å². The molecule has 0 saturated heterocycles. The Hall–Kier alpha value is -2.44. The number of H-pyrrole nitrogens is 1. The Kier molecular flexibility index (Phi) is 25.3. The molecule has 0 aliphatic carbocycles. The fourth-order valence-corrected chi connectivity index (χ4v) is 4.77. The first-order valence-corrected chi connectivity index (χ1v) is 16.9. The molecule has 1 N–H and O–H groups in total. The van der Waals surface area contributed by atoms with E-state index in [1.54, 1.807) is 12.1 Å². The fourth-order valence-electron chi connectivity index (χ4n) is 3.44. The van der Waals surface area contributed by atoms with Gasteiger partial charge in [0, 0.05) is 22.7 Å². The summed E-state index contributed by atoms with van der Waals surface area (Å²) in [6.07, 6.45) is 18.8. The molecule has 0 atom stereocenters. The van der Waals surface area contributed by atoms with Gasteiger partial charge in [-0.2, -0.15) is 11.8 Å². The summed E-state index contributed by atoms with van der Waals surface area (Å²) in [4.78, 5) is 31.3. The lowest BCUT2D eigenvalue weighted by atomic mass is 9.95. The van der Waals surface area contributed by atoms with Crippen LogP contribution < -0.4 is 5.56 Å². The number of carbonyl (C=O) groups is 1. The predicted octanol–water partition coefficient (Wildman–Crippen LogP) is 10.9. The number of aromatic amines is 1. The van der Waals surface area contributed by atoms with E-state index in [-0.39, 0.29) is 11.3 Å². The maximum Gasteiger partial charge on any atom is 0.258 e. The second kappa shape index (κ2) is 25.5. The van der Waals surface area contributed by atoms with Crippen molar-refractivity contribution in [1.82, 2.24) is 9.97 Å². The van der Waals surface area contributed by atoms with Crippen LogP contribution in [0.2, 0.25) is 0 Å². The Labute approximate surface area is 253 Å². The molecular formula is C34H54N2O2S2. The van der Waals surface area contributed by atoms with Crippen LogP contribution >= 0.6 is 23.1 Å². The van der Waals surface area contributed by atoms with Gasteiger partial charge in [-0.1, -0.05) is 104 Å². The molecule has 2 rings (SSSR count). The van der Waals surface area contributed by atoms with Crippen LogP contribution in [0, 0.1) is 0 Å². The largest absolute Gasteiger partial charge is 0.328 e. The van der Waals surface area contributed by atoms with E-state index >= 15 is 0 Å². The van der Waals surface area contributed by atoms with Crippen LogP contribution in [0.4, 0.5) is 0 Å². The van der Waals surface area contributed by atoms with Gasteiger partial charge in [0.1, 0.15) is 5.01 Å². The lowest BCUT2D eigenvalue weighted by Crippen LogP contribution is -2.10. The summed E-state index contributed by atoms with van der Waals surface area (Å²) in [6, 6.07) is 1.61. The monoisotopic (exact) mass is 586 g/mol. The number of thiazole rings is 1. The van der Waals surface area contributed by atoms with Crippen molar-refractivity contribution in [3.05, 3.63) is 81.3 Å². The standard InChI is InChI=1S/C23H26N2O2S.C6H14S.C3H8.C2H6/c1-6-9-11-19(15(4)10-7-2)18(8-3)21-14-28-23(25-21)20-12-17(16(5)26)13-24-22(20)27;1-3-4-5-6-7-2;1-3-2;1-2/h6,8-9,11-14H,1,7,10H2,2-5H3,(H,24,27);3-6H2,1-2H3;3H2,1-2H3;1-2H3/b11-9-,18-8+,19-15-;;;. The minimum atomic E-state index is -0.252. The molecule has 2 aromatic heterocycles. The molecule has 0 saturated carbocycles. The van der Waals surface area contributed by atoms with Crippen molar-refractivity contribution in [2.75, 3.05) is 12.0 Å². The second-order valence-corrected chi connectivity index (χ2v) is 10.7. The SMILES string of the molecule is C=C\C=C/C(=C(\C)CCC)C(=C\C)/c1csc(-c2cc(C(C)=O)c[nH]c2=O)n1.CC.CCC.CCCCCSC. The third kappa shape index (κ3) is 15.4. The van der Waals surface area contributed by atoms with Gasteiger partial charge in [0.25, 0.3) is 5.56 Å². The van der Waals surface area contributed by atoms with Crippen molar-refractivity contribution < 1.29 is 4.79 Å². The molecule has 4 nitrogen and oxygen atoms in total. The molecule has 40 heavy (non-hydrogen) atoms. The topological polar surface area (TPSA) is 62.8 Å². The van der Waals surface area contributed by atoms with Crippen molar-refractivity contribution in [1.29, 1.82) is 0 Å². The zero-order valence-corrected chi connectivity index (χ0v) is 28.4. The maximum atomic E-state index is 12.3. The Morgan fingerprint density at radius 3 is 2.27 bits per heavy atom. The van der Waals surface area contributed by atoms with Crippen LogP contribution in [0.5, 0.6) is 0 Å². The predicted molar refractivity (Wildman–Crippen MR) is 184 cm³/mol. The summed E-state index contributed by atoms with van der Waals surface area (Å²) in [6.45, 7) is 22.0. The molecule has 2 aromatic rings. The summed E-state index contributed by atoms with van der Waals surface area (Å²) in [5.41, 5.74) is 4.85. The normalized spacial score (nSPS) is 11.3. The highest BCUT2D eigenvalue weighted by Gasteiger charge is 2.15. The van der Waals surface area contributed by atoms with Gasteiger partial charge in [0.2, 0.25) is 0 Å². The highest BCUT2D eigenvalue weighted by molar-refractivity contribution is 7.98. The second-order valence-electron chi connectivity index (χ2n) is 8.87. The Morgan fingerprint density at radius 2 is 1.77 bits per heavy atom. The number of pyridine rings is 1. The lowest BCUT2D eigenvalue weighted by Gasteiger charge is -2.11. The van der Waals surface area contributed by atoms with Crippen LogP contribution in [-0.2, 0) is 0 Å². The van der Waals surface area contributed by atoms with Crippen molar-refractivity contribution in [3.63, 3.8) is 0 Å². The molecule has 6 heteroatoms. The summed E-state index contributed by atoms with van der Waals surface area (Å²) >= 11 is 3.34. The fraction of sp³-hybridized carbons (Fsp3) is 0.500. The molecule has 0 fully saturated rings. The number of hydrogen-bond donors (Lipinski definition) is 1. The Balaban J connectivity index is 0. The number of rotatable bonds is 12. The minimum absolute atomic E-state index is 0.0987. The first-order valence-electron chi connectivity index (χ1n) is 14.6.